The third kappa shape index (κ3) is 3.06. The van der Waals surface area contributed by atoms with Crippen molar-refractivity contribution < 1.29 is 10.8 Å². The van der Waals surface area contributed by atoms with Crippen LogP contribution in [0.25, 0.3) is 5.82 Å². The van der Waals surface area contributed by atoms with E-state index in [1.54, 1.807) is 11.4 Å². The largest absolute Gasteiger partial charge is 0.493 e. The van der Waals surface area contributed by atoms with E-state index in [1.807, 2.05) is 6.92 Å². The van der Waals surface area contributed by atoms with Gasteiger partial charge in [0.15, 0.2) is 5.82 Å². The Bertz CT molecular complexity index is 905. The number of tetrazole rings is 1. The number of aromatic nitrogens is 6. The summed E-state index contributed by atoms with van der Waals surface area (Å²) in [7, 11) is 1.50. The van der Waals surface area contributed by atoms with Crippen LogP contribution >= 0.6 is 11.3 Å². The average Bonchev–Trinajstić information content (AvgIpc) is 3.13. The van der Waals surface area contributed by atoms with Crippen LogP contribution in [-0.4, -0.2) is 36.4 Å². The highest BCUT2D eigenvalue weighted by Gasteiger charge is 2.18. The summed E-state index contributed by atoms with van der Waals surface area (Å²) in [5.74, 6) is 0.810. The van der Waals surface area contributed by atoms with Gasteiger partial charge in [0.2, 0.25) is 0 Å². The minimum atomic E-state index is -0.430. The van der Waals surface area contributed by atoms with E-state index in [0.29, 0.717) is 23.1 Å². The number of ether oxygens (including phenoxy) is 2. The fraction of sp³-hybridized carbons (Fsp3) is 0.308. The van der Waals surface area contributed by atoms with Gasteiger partial charge in [0.05, 0.1) is 13.5 Å². The molecule has 0 unspecified atom stereocenters. The monoisotopic (exact) mass is 336 g/mol. The van der Waals surface area contributed by atoms with Crippen LogP contribution < -0.4 is 15.2 Å². The summed E-state index contributed by atoms with van der Waals surface area (Å²) in [6, 6.07) is 1.69. The molecule has 0 aliphatic heterocycles. The second-order valence-electron chi connectivity index (χ2n) is 4.37. The van der Waals surface area contributed by atoms with Crippen LogP contribution in [0.3, 0.4) is 0 Å². The Morgan fingerprint density at radius 3 is 2.87 bits per heavy atom. The van der Waals surface area contributed by atoms with Crippen LogP contribution in [-0.2, 0) is 13.7 Å². The van der Waals surface area contributed by atoms with E-state index < -0.39 is 5.69 Å². The summed E-state index contributed by atoms with van der Waals surface area (Å²) in [6.45, 7) is 2.36. The zero-order valence-electron chi connectivity index (χ0n) is 13.5. The third-order valence-corrected chi connectivity index (χ3v) is 3.55. The van der Waals surface area contributed by atoms with Gasteiger partial charge in [-0.3, -0.25) is 0 Å². The molecule has 0 aliphatic rings. The fourth-order valence-corrected chi connectivity index (χ4v) is 2.34. The molecule has 0 saturated heterocycles. The maximum absolute atomic E-state index is 12.1. The van der Waals surface area contributed by atoms with Gasteiger partial charge in [0.25, 0.3) is 5.19 Å². The summed E-state index contributed by atoms with van der Waals surface area (Å²) in [5.41, 5.74) is 0.115. The van der Waals surface area contributed by atoms with Gasteiger partial charge in [-0.1, -0.05) is 11.3 Å². The number of thiazole rings is 1. The normalized spacial score (nSPS) is 11.3. The molecule has 0 atom stereocenters. The van der Waals surface area contributed by atoms with Crippen LogP contribution in [0.1, 0.15) is 13.9 Å². The molecule has 0 bridgehead atoms. The van der Waals surface area contributed by atoms with Crippen molar-refractivity contribution in [1.29, 1.82) is 0 Å². The van der Waals surface area contributed by atoms with Gasteiger partial charge in [-0.2, -0.15) is 4.68 Å². The summed E-state index contributed by atoms with van der Waals surface area (Å²) < 4.78 is 20.8. The molecule has 0 spiro atoms. The lowest BCUT2D eigenvalue weighted by Crippen LogP contribution is -2.24. The Balaban J connectivity index is 2.00. The van der Waals surface area contributed by atoms with Crippen molar-refractivity contribution in [2.75, 3.05) is 6.61 Å². The number of rotatable bonds is 6. The molecule has 3 aromatic rings. The summed E-state index contributed by atoms with van der Waals surface area (Å²) in [6.07, 6.45) is 1.66. The zero-order chi connectivity index (χ0) is 17.1. The van der Waals surface area contributed by atoms with Gasteiger partial charge in [0, 0.05) is 24.8 Å². The Morgan fingerprint density at radius 2 is 2.22 bits per heavy atom. The van der Waals surface area contributed by atoms with Crippen molar-refractivity contribution in [2.45, 2.75) is 13.5 Å². The first kappa shape index (κ1) is 13.9. The maximum Gasteiger partial charge on any atom is 0.369 e. The second kappa shape index (κ2) is 6.57. The Labute approximate surface area is 136 Å². The average molecular weight is 336 g/mol. The first-order valence-electron chi connectivity index (χ1n) is 7.25. The number of aryl methyl sites for hydroxylation is 1. The number of pyridine rings is 1. The van der Waals surface area contributed by atoms with E-state index in [2.05, 4.69) is 20.4 Å². The van der Waals surface area contributed by atoms with Crippen LogP contribution in [0.15, 0.2) is 28.6 Å². The lowest BCUT2D eigenvalue weighted by atomic mass is 10.2. The van der Waals surface area contributed by atoms with Crippen molar-refractivity contribution in [3.05, 3.63) is 39.9 Å². The first-order valence-corrected chi connectivity index (χ1v) is 7.63. The van der Waals surface area contributed by atoms with E-state index in [9.17, 15) is 4.79 Å². The van der Waals surface area contributed by atoms with Crippen molar-refractivity contribution in [1.82, 2.24) is 29.8 Å². The summed E-state index contributed by atoms with van der Waals surface area (Å²) in [4.78, 5) is 20.3. The number of hydrogen-bond acceptors (Lipinski definition) is 8. The highest BCUT2D eigenvalue weighted by Crippen LogP contribution is 2.25. The molecule has 0 radical (unpaired) electrons. The van der Waals surface area contributed by atoms with E-state index in [1.165, 1.54) is 24.6 Å². The smallest absolute Gasteiger partial charge is 0.369 e. The standard InChI is InChI=1S/C13H14N6O3S/c1-3-21-10-4-5-14-11(19-13(20)18(2)16-17-19)9(10)8-22-12-15-6-7-23-12/h4-7H,3,8H2,1-2H3/i6T. The van der Waals surface area contributed by atoms with Gasteiger partial charge in [0.1, 0.15) is 12.4 Å². The van der Waals surface area contributed by atoms with Gasteiger partial charge >= 0.3 is 5.69 Å². The Kier molecular flexibility index (Phi) is 3.96. The molecule has 3 rings (SSSR count). The molecule has 0 fully saturated rings. The maximum atomic E-state index is 12.1. The fourth-order valence-electron chi connectivity index (χ4n) is 1.90. The molecule has 3 heterocycles. The molecule has 120 valence electrons. The van der Waals surface area contributed by atoms with Gasteiger partial charge in [-0.25, -0.2) is 14.8 Å². The van der Waals surface area contributed by atoms with Crippen LogP contribution in [0.5, 0.6) is 10.9 Å². The van der Waals surface area contributed by atoms with Crippen molar-refractivity contribution in [3.63, 3.8) is 0 Å². The summed E-state index contributed by atoms with van der Waals surface area (Å²) in [5, 5.41) is 9.41. The van der Waals surface area contributed by atoms with Crippen LogP contribution in [0.2, 0.25) is 0 Å². The van der Waals surface area contributed by atoms with Gasteiger partial charge < -0.3 is 9.47 Å². The molecule has 0 aromatic carbocycles. The molecule has 0 saturated carbocycles. The van der Waals surface area contributed by atoms with Gasteiger partial charge in [-0.05, 0) is 23.4 Å². The second-order valence-corrected chi connectivity index (χ2v) is 5.19. The predicted molar refractivity (Wildman–Crippen MR) is 82.0 cm³/mol. The number of nitrogens with zero attached hydrogens (tertiary/aromatic N) is 6. The van der Waals surface area contributed by atoms with E-state index in [0.717, 1.165) is 9.36 Å². The minimum Gasteiger partial charge on any atom is -0.493 e. The quantitative estimate of drug-likeness (QED) is 0.656. The predicted octanol–water partition coefficient (Wildman–Crippen LogP) is 0.795. The molecule has 23 heavy (non-hydrogen) atoms. The Morgan fingerprint density at radius 1 is 1.35 bits per heavy atom. The van der Waals surface area contributed by atoms with Crippen LogP contribution in [0, 0.1) is 0 Å². The lowest BCUT2D eigenvalue weighted by Gasteiger charge is -2.13. The topological polar surface area (TPSA) is 97.0 Å². The molecule has 0 N–H and O–H groups in total. The third-order valence-electron chi connectivity index (χ3n) is 2.92. The molecular weight excluding hydrogens is 320 g/mol. The highest BCUT2D eigenvalue weighted by molar-refractivity contribution is 7.11. The van der Waals surface area contributed by atoms with Crippen molar-refractivity contribution in [2.24, 2.45) is 7.05 Å². The SMILES string of the molecule is [3H]c1csc(OCc2c(OCC)ccnc2-n2nnn(C)c2=O)n1. The summed E-state index contributed by atoms with van der Waals surface area (Å²) >= 11 is 1.21. The Hall–Kier alpha value is -2.75. The van der Waals surface area contributed by atoms with Crippen LogP contribution in [0.4, 0.5) is 0 Å². The molecule has 0 amide bonds. The molecular formula is C13H14N6O3S. The first-order chi connectivity index (χ1) is 11.6. The van der Waals surface area contributed by atoms with E-state index in [4.69, 9.17) is 10.8 Å². The minimum absolute atomic E-state index is 0.0640. The van der Waals surface area contributed by atoms with E-state index >= 15 is 0 Å². The van der Waals surface area contributed by atoms with E-state index in [-0.39, 0.29) is 18.6 Å². The van der Waals surface area contributed by atoms with Crippen molar-refractivity contribution in [3.8, 4) is 16.8 Å². The molecule has 9 nitrogen and oxygen atoms in total. The zero-order valence-corrected chi connectivity index (χ0v) is 13.3. The molecule has 10 heteroatoms. The number of hydrogen-bond donors (Lipinski definition) is 0. The molecule has 3 aromatic heterocycles. The van der Waals surface area contributed by atoms with Crippen molar-refractivity contribution >= 4 is 11.3 Å². The molecule has 0 aliphatic carbocycles. The van der Waals surface area contributed by atoms with Gasteiger partial charge in [-0.15, -0.1) is 4.68 Å². The lowest BCUT2D eigenvalue weighted by molar-refractivity contribution is 0.283. The highest BCUT2D eigenvalue weighted by atomic mass is 32.1.